The van der Waals surface area contributed by atoms with Crippen LogP contribution in [0, 0.1) is 0 Å². The molecule has 2 aliphatic rings. The average molecular weight is 304 g/mol. The van der Waals surface area contributed by atoms with Gasteiger partial charge in [-0.1, -0.05) is 6.07 Å². The van der Waals surface area contributed by atoms with Gasteiger partial charge in [-0.05, 0) is 12.1 Å². The molecular formula is C15H20N4O3. The number of piperazine rings is 1. The number of carbonyl (C=O) groups excluding carboxylic acids is 2. The van der Waals surface area contributed by atoms with Crippen LogP contribution in [-0.4, -0.2) is 73.1 Å². The molecule has 118 valence electrons. The molecule has 0 unspecified atom stereocenters. The fourth-order valence-electron chi connectivity index (χ4n) is 2.96. The number of nitrogens with one attached hydrogen (secondary N) is 1. The minimum absolute atomic E-state index is 0.0536. The van der Waals surface area contributed by atoms with Crippen molar-refractivity contribution >= 4 is 17.7 Å². The number of urea groups is 2. The normalized spacial score (nSPS) is 20.9. The minimum atomic E-state index is -0.144. The number of anilines is 1. The van der Waals surface area contributed by atoms with Gasteiger partial charge in [-0.15, -0.1) is 0 Å². The summed E-state index contributed by atoms with van der Waals surface area (Å²) in [7, 11) is 3.38. The van der Waals surface area contributed by atoms with Crippen molar-refractivity contribution in [2.75, 3.05) is 45.7 Å². The molecule has 1 aromatic carbocycles. The molecule has 2 heterocycles. The van der Waals surface area contributed by atoms with Gasteiger partial charge in [0.2, 0.25) is 0 Å². The first kappa shape index (κ1) is 14.5. The van der Waals surface area contributed by atoms with E-state index in [9.17, 15) is 9.59 Å². The molecule has 1 atom stereocenters. The largest absolute Gasteiger partial charge is 0.497 e. The highest BCUT2D eigenvalue weighted by Gasteiger charge is 2.39. The maximum atomic E-state index is 12.4. The lowest BCUT2D eigenvalue weighted by atomic mass is 10.2. The zero-order valence-electron chi connectivity index (χ0n) is 12.8. The highest BCUT2D eigenvalue weighted by atomic mass is 16.5. The van der Waals surface area contributed by atoms with Crippen molar-refractivity contribution in [1.82, 2.24) is 14.7 Å². The lowest BCUT2D eigenvalue weighted by molar-refractivity contribution is 0.135. The molecule has 0 radical (unpaired) electrons. The van der Waals surface area contributed by atoms with Gasteiger partial charge in [0.25, 0.3) is 0 Å². The van der Waals surface area contributed by atoms with E-state index in [1.54, 1.807) is 30.0 Å². The molecular weight excluding hydrogens is 284 g/mol. The van der Waals surface area contributed by atoms with Gasteiger partial charge in [0.1, 0.15) is 5.75 Å². The van der Waals surface area contributed by atoms with Crippen LogP contribution in [0.25, 0.3) is 0 Å². The highest BCUT2D eigenvalue weighted by Crippen LogP contribution is 2.21. The van der Waals surface area contributed by atoms with Gasteiger partial charge in [0, 0.05) is 45.0 Å². The van der Waals surface area contributed by atoms with Crippen molar-refractivity contribution < 1.29 is 14.3 Å². The SMILES string of the molecule is COc1cccc(NC(=O)N2CCN3C(=O)N(C)C[C@H]3C2)c1. The summed E-state index contributed by atoms with van der Waals surface area (Å²) in [5.74, 6) is 0.700. The van der Waals surface area contributed by atoms with E-state index < -0.39 is 0 Å². The lowest BCUT2D eigenvalue weighted by Gasteiger charge is -2.36. The zero-order chi connectivity index (χ0) is 15.7. The fraction of sp³-hybridized carbons (Fsp3) is 0.467. The van der Waals surface area contributed by atoms with E-state index in [1.807, 2.05) is 23.1 Å². The van der Waals surface area contributed by atoms with Gasteiger partial charge in [-0.2, -0.15) is 0 Å². The van der Waals surface area contributed by atoms with Crippen molar-refractivity contribution in [3.63, 3.8) is 0 Å². The molecule has 4 amide bonds. The van der Waals surface area contributed by atoms with Crippen LogP contribution < -0.4 is 10.1 Å². The van der Waals surface area contributed by atoms with Crippen LogP contribution in [0.1, 0.15) is 0 Å². The molecule has 2 fully saturated rings. The molecule has 2 saturated heterocycles. The summed E-state index contributed by atoms with van der Waals surface area (Å²) in [6.07, 6.45) is 0. The summed E-state index contributed by atoms with van der Waals surface area (Å²) in [4.78, 5) is 29.6. The Morgan fingerprint density at radius 2 is 2.14 bits per heavy atom. The molecule has 22 heavy (non-hydrogen) atoms. The number of likely N-dealkylation sites (N-methyl/N-ethyl adjacent to an activating group) is 1. The Kier molecular flexibility index (Phi) is 3.79. The summed E-state index contributed by atoms with van der Waals surface area (Å²) in [6.45, 7) is 2.36. The standard InChI is InChI=1S/C15H20N4O3/c1-17-9-12-10-18(6-7-19(12)15(17)21)14(20)16-11-4-3-5-13(8-11)22-2/h3-5,8,12H,6-7,9-10H2,1-2H3,(H,16,20)/t12-/m0/s1. The van der Waals surface area contributed by atoms with E-state index >= 15 is 0 Å². The zero-order valence-corrected chi connectivity index (χ0v) is 12.8. The number of fused-ring (bicyclic) bond motifs is 1. The number of ether oxygens (including phenoxy) is 1. The predicted molar refractivity (Wildman–Crippen MR) is 82.1 cm³/mol. The molecule has 7 heteroatoms. The Bertz CT molecular complexity index is 592. The fourth-order valence-corrected chi connectivity index (χ4v) is 2.96. The predicted octanol–water partition coefficient (Wildman–Crippen LogP) is 1.28. The quantitative estimate of drug-likeness (QED) is 0.895. The van der Waals surface area contributed by atoms with Gasteiger partial charge in [-0.25, -0.2) is 9.59 Å². The average Bonchev–Trinajstić information content (AvgIpc) is 2.81. The highest BCUT2D eigenvalue weighted by molar-refractivity contribution is 5.90. The third-order valence-electron chi connectivity index (χ3n) is 4.15. The summed E-state index contributed by atoms with van der Waals surface area (Å²) in [6, 6.07) is 7.26. The Hall–Kier alpha value is -2.44. The van der Waals surface area contributed by atoms with Gasteiger partial charge in [-0.3, -0.25) is 0 Å². The van der Waals surface area contributed by atoms with Crippen molar-refractivity contribution in [3.05, 3.63) is 24.3 Å². The van der Waals surface area contributed by atoms with E-state index in [0.717, 1.165) is 0 Å². The van der Waals surface area contributed by atoms with E-state index in [-0.39, 0.29) is 18.1 Å². The van der Waals surface area contributed by atoms with Crippen LogP contribution in [0.15, 0.2) is 24.3 Å². The van der Waals surface area contributed by atoms with Gasteiger partial charge < -0.3 is 24.8 Å². The first-order valence-corrected chi connectivity index (χ1v) is 7.30. The number of hydrogen-bond donors (Lipinski definition) is 1. The summed E-state index contributed by atoms with van der Waals surface area (Å²) in [5.41, 5.74) is 0.700. The third kappa shape index (κ3) is 2.66. The molecule has 1 N–H and O–H groups in total. The van der Waals surface area contributed by atoms with Crippen molar-refractivity contribution in [2.24, 2.45) is 0 Å². The molecule has 0 saturated carbocycles. The van der Waals surface area contributed by atoms with Crippen LogP contribution >= 0.6 is 0 Å². The lowest BCUT2D eigenvalue weighted by Crippen LogP contribution is -2.54. The number of carbonyl (C=O) groups is 2. The van der Waals surface area contributed by atoms with Crippen molar-refractivity contribution in [3.8, 4) is 5.75 Å². The second kappa shape index (κ2) is 5.75. The van der Waals surface area contributed by atoms with E-state index in [4.69, 9.17) is 4.74 Å². The molecule has 0 aliphatic carbocycles. The van der Waals surface area contributed by atoms with Crippen LogP contribution in [0.5, 0.6) is 5.75 Å². The van der Waals surface area contributed by atoms with E-state index in [2.05, 4.69) is 5.32 Å². The maximum Gasteiger partial charge on any atom is 0.321 e. The number of benzene rings is 1. The van der Waals surface area contributed by atoms with Crippen LogP contribution in [0.4, 0.5) is 15.3 Å². The number of methoxy groups -OCH3 is 1. The summed E-state index contributed by atoms with van der Waals surface area (Å²) < 4.78 is 5.15. The number of hydrogen-bond acceptors (Lipinski definition) is 3. The van der Waals surface area contributed by atoms with Crippen LogP contribution in [0.3, 0.4) is 0 Å². The minimum Gasteiger partial charge on any atom is -0.497 e. The molecule has 1 aromatic rings. The second-order valence-corrected chi connectivity index (χ2v) is 5.62. The number of nitrogens with zero attached hydrogens (tertiary/aromatic N) is 3. The molecule has 2 aliphatic heterocycles. The molecule has 0 spiro atoms. The van der Waals surface area contributed by atoms with Gasteiger partial charge >= 0.3 is 12.1 Å². The molecule has 3 rings (SSSR count). The topological polar surface area (TPSA) is 65.1 Å². The number of amides is 4. The maximum absolute atomic E-state index is 12.4. The Morgan fingerprint density at radius 1 is 1.32 bits per heavy atom. The first-order valence-electron chi connectivity index (χ1n) is 7.30. The summed E-state index contributed by atoms with van der Waals surface area (Å²) >= 11 is 0. The number of rotatable bonds is 2. The molecule has 7 nitrogen and oxygen atoms in total. The Balaban J connectivity index is 1.63. The van der Waals surface area contributed by atoms with Crippen LogP contribution in [0.2, 0.25) is 0 Å². The van der Waals surface area contributed by atoms with Crippen molar-refractivity contribution in [1.29, 1.82) is 0 Å². The molecule has 0 aromatic heterocycles. The van der Waals surface area contributed by atoms with Crippen LogP contribution in [-0.2, 0) is 0 Å². The van der Waals surface area contributed by atoms with Gasteiger partial charge in [0.15, 0.2) is 0 Å². The van der Waals surface area contributed by atoms with Gasteiger partial charge in [0.05, 0.1) is 13.2 Å². The van der Waals surface area contributed by atoms with E-state index in [1.165, 1.54) is 0 Å². The Labute approximate surface area is 129 Å². The Morgan fingerprint density at radius 3 is 2.91 bits per heavy atom. The summed E-state index contributed by atoms with van der Waals surface area (Å²) in [5, 5.41) is 2.88. The van der Waals surface area contributed by atoms with Crippen molar-refractivity contribution in [2.45, 2.75) is 6.04 Å². The first-order chi connectivity index (χ1) is 10.6. The monoisotopic (exact) mass is 304 g/mol. The smallest absolute Gasteiger partial charge is 0.321 e. The second-order valence-electron chi connectivity index (χ2n) is 5.62. The molecule has 0 bridgehead atoms. The third-order valence-corrected chi connectivity index (χ3v) is 4.15. The van der Waals surface area contributed by atoms with E-state index in [0.29, 0.717) is 37.6 Å².